The third-order valence-electron chi connectivity index (χ3n) is 6.30. The molecule has 0 atom stereocenters. The number of nitrogens with one attached hydrogen (secondary N) is 1. The van der Waals surface area contributed by atoms with Crippen molar-refractivity contribution in [1.29, 1.82) is 0 Å². The molecular formula is C21H26N2O3. The number of carbonyl (C=O) groups is 1. The Morgan fingerprint density at radius 2 is 1.81 bits per heavy atom. The van der Waals surface area contributed by atoms with E-state index in [9.17, 15) is 9.59 Å². The van der Waals surface area contributed by atoms with Crippen molar-refractivity contribution in [2.75, 3.05) is 19.6 Å². The number of hydrogen-bond donors (Lipinski definition) is 1. The minimum absolute atomic E-state index is 0.186. The number of nitrogens with zero attached hydrogens (tertiary/aromatic N) is 1. The molecule has 1 N–H and O–H groups in total. The second-order valence-electron chi connectivity index (χ2n) is 8.08. The Bertz CT molecular complexity index is 895. The van der Waals surface area contributed by atoms with Crippen molar-refractivity contribution in [3.63, 3.8) is 0 Å². The first-order valence-corrected chi connectivity index (χ1v) is 9.47. The number of rotatable bonds is 2. The van der Waals surface area contributed by atoms with E-state index < -0.39 is 0 Å². The van der Waals surface area contributed by atoms with Crippen molar-refractivity contribution in [3.8, 4) is 0 Å². The van der Waals surface area contributed by atoms with Gasteiger partial charge in [-0.3, -0.25) is 9.69 Å². The van der Waals surface area contributed by atoms with Gasteiger partial charge in [-0.25, -0.2) is 4.79 Å². The summed E-state index contributed by atoms with van der Waals surface area (Å²) in [5.41, 5.74) is 4.07. The van der Waals surface area contributed by atoms with Crippen LogP contribution in [0.25, 0.3) is 11.0 Å². The van der Waals surface area contributed by atoms with Gasteiger partial charge in [0.2, 0.25) is 5.91 Å². The standard InChI is InChI=1S/C21H26N2O3/c1-14-9-17-16(11-20(25)26-18(17)10-15(14)2)12-23-7-5-21(6-8-23)4-3-19(24)22-13-21/h9-11H,3-8,12-13H2,1-2H3,(H,22,24). The highest BCUT2D eigenvalue weighted by Crippen LogP contribution is 2.38. The first kappa shape index (κ1) is 17.3. The summed E-state index contributed by atoms with van der Waals surface area (Å²) in [5, 5.41) is 4.08. The predicted molar refractivity (Wildman–Crippen MR) is 101 cm³/mol. The zero-order chi connectivity index (χ0) is 18.3. The van der Waals surface area contributed by atoms with Crippen LogP contribution in [-0.4, -0.2) is 30.4 Å². The van der Waals surface area contributed by atoms with Gasteiger partial charge in [-0.05, 0) is 80.4 Å². The zero-order valence-electron chi connectivity index (χ0n) is 15.6. The number of benzene rings is 1. The summed E-state index contributed by atoms with van der Waals surface area (Å²) >= 11 is 0. The van der Waals surface area contributed by atoms with Crippen molar-refractivity contribution in [2.45, 2.75) is 46.1 Å². The monoisotopic (exact) mass is 354 g/mol. The van der Waals surface area contributed by atoms with Crippen molar-refractivity contribution in [2.24, 2.45) is 5.41 Å². The van der Waals surface area contributed by atoms with Crippen molar-refractivity contribution in [3.05, 3.63) is 45.3 Å². The van der Waals surface area contributed by atoms with Gasteiger partial charge in [0, 0.05) is 31.0 Å². The van der Waals surface area contributed by atoms with E-state index in [4.69, 9.17) is 4.42 Å². The van der Waals surface area contributed by atoms with E-state index in [-0.39, 0.29) is 16.9 Å². The summed E-state index contributed by atoms with van der Waals surface area (Å²) in [6, 6.07) is 5.73. The molecule has 2 saturated heterocycles. The van der Waals surface area contributed by atoms with Gasteiger partial charge in [0.25, 0.3) is 0 Å². The van der Waals surface area contributed by atoms with Crippen LogP contribution in [0.15, 0.2) is 27.4 Å². The summed E-state index contributed by atoms with van der Waals surface area (Å²) < 4.78 is 5.41. The first-order valence-electron chi connectivity index (χ1n) is 9.47. The molecule has 1 spiro atoms. The van der Waals surface area contributed by atoms with Gasteiger partial charge in [-0.2, -0.15) is 0 Å². The lowest BCUT2D eigenvalue weighted by atomic mass is 9.73. The van der Waals surface area contributed by atoms with Crippen LogP contribution in [0.1, 0.15) is 42.4 Å². The summed E-state index contributed by atoms with van der Waals surface area (Å²) in [6.45, 7) is 7.72. The molecule has 0 saturated carbocycles. The highest BCUT2D eigenvalue weighted by Gasteiger charge is 2.37. The number of fused-ring (bicyclic) bond motifs is 1. The Balaban J connectivity index is 1.52. The predicted octanol–water partition coefficient (Wildman–Crippen LogP) is 2.90. The first-order chi connectivity index (χ1) is 12.4. The smallest absolute Gasteiger partial charge is 0.336 e. The summed E-state index contributed by atoms with van der Waals surface area (Å²) in [6.07, 6.45) is 3.86. The maximum Gasteiger partial charge on any atom is 0.336 e. The van der Waals surface area contributed by atoms with Gasteiger partial charge >= 0.3 is 5.63 Å². The molecule has 0 radical (unpaired) electrons. The molecule has 2 aliphatic rings. The summed E-state index contributed by atoms with van der Waals surface area (Å²) in [5.74, 6) is 0.186. The van der Waals surface area contributed by atoms with Crippen LogP contribution in [-0.2, 0) is 11.3 Å². The van der Waals surface area contributed by atoms with E-state index in [1.807, 2.05) is 13.0 Å². The molecule has 4 rings (SSSR count). The van der Waals surface area contributed by atoms with Crippen LogP contribution < -0.4 is 10.9 Å². The van der Waals surface area contributed by atoms with E-state index >= 15 is 0 Å². The molecule has 3 heterocycles. The van der Waals surface area contributed by atoms with Crippen LogP contribution >= 0.6 is 0 Å². The summed E-state index contributed by atoms with van der Waals surface area (Å²) in [7, 11) is 0. The molecule has 138 valence electrons. The van der Waals surface area contributed by atoms with Gasteiger partial charge in [-0.1, -0.05) is 0 Å². The average molecular weight is 354 g/mol. The fourth-order valence-electron chi connectivity index (χ4n) is 4.31. The third-order valence-corrected chi connectivity index (χ3v) is 6.30. The maximum absolute atomic E-state index is 12.0. The molecule has 1 aromatic carbocycles. The number of hydrogen-bond acceptors (Lipinski definition) is 4. The minimum atomic E-state index is -0.278. The molecule has 1 amide bonds. The second-order valence-corrected chi connectivity index (χ2v) is 8.08. The molecule has 26 heavy (non-hydrogen) atoms. The van der Waals surface area contributed by atoms with Gasteiger partial charge in [0.05, 0.1) is 0 Å². The minimum Gasteiger partial charge on any atom is -0.423 e. The van der Waals surface area contributed by atoms with E-state index in [0.29, 0.717) is 12.0 Å². The SMILES string of the molecule is Cc1cc2oc(=O)cc(CN3CCC4(CCC(=O)NC4)CC3)c2cc1C. The molecular weight excluding hydrogens is 328 g/mol. The Kier molecular flexibility index (Phi) is 4.35. The van der Waals surface area contributed by atoms with E-state index in [1.54, 1.807) is 6.07 Å². The van der Waals surface area contributed by atoms with E-state index in [1.165, 1.54) is 5.56 Å². The molecule has 2 aliphatic heterocycles. The van der Waals surface area contributed by atoms with Crippen LogP contribution in [0.5, 0.6) is 0 Å². The normalized spacial score (nSPS) is 20.5. The fourth-order valence-corrected chi connectivity index (χ4v) is 4.31. The number of likely N-dealkylation sites (tertiary alicyclic amines) is 1. The Hall–Kier alpha value is -2.14. The molecule has 5 heteroatoms. The molecule has 5 nitrogen and oxygen atoms in total. The van der Waals surface area contributed by atoms with E-state index in [0.717, 1.165) is 62.0 Å². The van der Waals surface area contributed by atoms with Gasteiger partial charge < -0.3 is 9.73 Å². The number of aryl methyl sites for hydroxylation is 2. The van der Waals surface area contributed by atoms with Crippen LogP contribution in [0, 0.1) is 19.3 Å². The molecule has 2 aromatic rings. The van der Waals surface area contributed by atoms with Crippen molar-refractivity contribution < 1.29 is 9.21 Å². The van der Waals surface area contributed by atoms with Crippen LogP contribution in [0.3, 0.4) is 0 Å². The lowest BCUT2D eigenvalue weighted by molar-refractivity contribution is -0.125. The highest BCUT2D eigenvalue weighted by molar-refractivity contribution is 5.81. The molecule has 0 unspecified atom stereocenters. The fraction of sp³-hybridized carbons (Fsp3) is 0.524. The van der Waals surface area contributed by atoms with Crippen LogP contribution in [0.4, 0.5) is 0 Å². The number of carbonyl (C=O) groups excluding carboxylic acids is 1. The Morgan fingerprint density at radius 3 is 2.50 bits per heavy atom. The molecule has 0 bridgehead atoms. The Morgan fingerprint density at radius 1 is 1.08 bits per heavy atom. The van der Waals surface area contributed by atoms with E-state index in [2.05, 4.69) is 23.2 Å². The van der Waals surface area contributed by atoms with Gasteiger partial charge in [0.1, 0.15) is 5.58 Å². The molecule has 2 fully saturated rings. The third kappa shape index (κ3) is 3.28. The zero-order valence-corrected chi connectivity index (χ0v) is 15.6. The van der Waals surface area contributed by atoms with Crippen molar-refractivity contribution >= 4 is 16.9 Å². The topological polar surface area (TPSA) is 62.6 Å². The number of piperidine rings is 2. The van der Waals surface area contributed by atoms with Gasteiger partial charge in [-0.15, -0.1) is 0 Å². The Labute approximate surface area is 153 Å². The largest absolute Gasteiger partial charge is 0.423 e. The quantitative estimate of drug-likeness (QED) is 0.843. The maximum atomic E-state index is 12.0. The second kappa shape index (κ2) is 6.54. The van der Waals surface area contributed by atoms with Gasteiger partial charge in [0.15, 0.2) is 0 Å². The average Bonchev–Trinajstić information content (AvgIpc) is 2.61. The van der Waals surface area contributed by atoms with Crippen LogP contribution in [0.2, 0.25) is 0 Å². The number of amides is 1. The highest BCUT2D eigenvalue weighted by atomic mass is 16.4. The van der Waals surface area contributed by atoms with Crippen molar-refractivity contribution in [1.82, 2.24) is 10.2 Å². The summed E-state index contributed by atoms with van der Waals surface area (Å²) in [4.78, 5) is 25.9. The lowest BCUT2D eigenvalue weighted by Crippen LogP contribution is -2.49. The molecule has 1 aromatic heterocycles. The molecule has 0 aliphatic carbocycles. The lowest BCUT2D eigenvalue weighted by Gasteiger charge is -2.44.